The van der Waals surface area contributed by atoms with E-state index in [4.69, 9.17) is 5.73 Å². The summed E-state index contributed by atoms with van der Waals surface area (Å²) in [4.78, 5) is 2.65. The monoisotopic (exact) mass is 258 g/mol. The Kier molecular flexibility index (Phi) is 7.56. The number of nitrogens with two attached hydrogens (primary N) is 1. The van der Waals surface area contributed by atoms with Gasteiger partial charge in [0, 0.05) is 23.6 Å². The van der Waals surface area contributed by atoms with Crippen LogP contribution in [-0.2, 0) is 0 Å². The van der Waals surface area contributed by atoms with E-state index < -0.39 is 0 Å². The highest BCUT2D eigenvalue weighted by Crippen LogP contribution is 2.25. The molecule has 2 N–H and O–H groups in total. The summed E-state index contributed by atoms with van der Waals surface area (Å²) in [5.74, 6) is 0.856. The van der Waals surface area contributed by atoms with E-state index in [9.17, 15) is 0 Å². The van der Waals surface area contributed by atoms with Crippen LogP contribution in [0, 0.1) is 5.92 Å². The third-order valence-corrected chi connectivity index (χ3v) is 4.96. The maximum absolute atomic E-state index is 5.64. The van der Waals surface area contributed by atoms with Gasteiger partial charge in [-0.15, -0.1) is 0 Å². The third kappa shape index (κ3) is 6.12. The molecule has 1 aliphatic heterocycles. The lowest BCUT2D eigenvalue weighted by Gasteiger charge is -2.34. The van der Waals surface area contributed by atoms with Crippen molar-refractivity contribution in [1.29, 1.82) is 0 Å². The van der Waals surface area contributed by atoms with E-state index in [0.717, 1.165) is 23.0 Å². The summed E-state index contributed by atoms with van der Waals surface area (Å²) in [6.07, 6.45) is 5.21. The molecule has 0 aromatic heterocycles. The van der Waals surface area contributed by atoms with E-state index in [1.54, 1.807) is 0 Å². The van der Waals surface area contributed by atoms with Gasteiger partial charge in [0.25, 0.3) is 0 Å². The van der Waals surface area contributed by atoms with E-state index in [0.29, 0.717) is 0 Å². The highest BCUT2D eigenvalue weighted by Gasteiger charge is 2.21. The maximum atomic E-state index is 5.64. The molecule has 0 spiro atoms. The average molecular weight is 258 g/mol. The van der Waals surface area contributed by atoms with Crippen molar-refractivity contribution < 1.29 is 0 Å². The third-order valence-electron chi connectivity index (χ3n) is 3.73. The van der Waals surface area contributed by atoms with Gasteiger partial charge in [0.1, 0.15) is 0 Å². The lowest BCUT2D eigenvalue weighted by molar-refractivity contribution is 0.255. The smallest absolute Gasteiger partial charge is 0.0149 e. The minimum Gasteiger partial charge on any atom is -0.330 e. The lowest BCUT2D eigenvalue weighted by atomic mass is 9.96. The molecule has 0 aliphatic carbocycles. The fraction of sp³-hybridized carbons (Fsp3) is 1.00. The van der Waals surface area contributed by atoms with Gasteiger partial charge in [0.05, 0.1) is 0 Å². The van der Waals surface area contributed by atoms with Crippen LogP contribution in [0.15, 0.2) is 0 Å². The van der Waals surface area contributed by atoms with Gasteiger partial charge in [-0.05, 0) is 38.3 Å². The van der Waals surface area contributed by atoms with Crippen molar-refractivity contribution in [2.45, 2.75) is 57.0 Å². The zero-order valence-corrected chi connectivity index (χ0v) is 12.6. The first kappa shape index (κ1) is 15.3. The molecule has 0 radical (unpaired) electrons. The number of nitrogens with zero attached hydrogens (tertiary/aromatic N) is 1. The van der Waals surface area contributed by atoms with E-state index in [2.05, 4.69) is 37.4 Å². The van der Waals surface area contributed by atoms with Crippen molar-refractivity contribution >= 4 is 11.8 Å². The number of thioether (sulfide) groups is 1. The van der Waals surface area contributed by atoms with Crippen molar-refractivity contribution in [2.75, 3.05) is 26.2 Å². The first-order chi connectivity index (χ1) is 8.15. The summed E-state index contributed by atoms with van der Waals surface area (Å²) in [6, 6.07) is 0. The Labute approximate surface area is 112 Å². The molecular formula is C14H30N2S. The summed E-state index contributed by atoms with van der Waals surface area (Å²) in [5, 5.41) is 1.62. The Hall–Kier alpha value is 0.270. The largest absolute Gasteiger partial charge is 0.330 e. The van der Waals surface area contributed by atoms with Crippen molar-refractivity contribution in [3.63, 3.8) is 0 Å². The van der Waals surface area contributed by atoms with Crippen LogP contribution >= 0.6 is 11.8 Å². The molecule has 3 heteroatoms. The van der Waals surface area contributed by atoms with E-state index >= 15 is 0 Å². The molecule has 3 unspecified atom stereocenters. The van der Waals surface area contributed by atoms with Crippen LogP contribution in [0.4, 0.5) is 0 Å². The van der Waals surface area contributed by atoms with E-state index in [-0.39, 0.29) is 0 Å². The summed E-state index contributed by atoms with van der Waals surface area (Å²) < 4.78 is 0. The van der Waals surface area contributed by atoms with E-state index in [1.165, 1.54) is 45.3 Å². The molecule has 17 heavy (non-hydrogen) atoms. The minimum atomic E-state index is 0.810. The topological polar surface area (TPSA) is 29.3 Å². The Bertz CT molecular complexity index is 189. The predicted molar refractivity (Wildman–Crippen MR) is 79.6 cm³/mol. The second-order valence-corrected chi connectivity index (χ2v) is 7.39. The molecule has 1 saturated heterocycles. The van der Waals surface area contributed by atoms with E-state index in [1.807, 2.05) is 0 Å². The normalized spacial score (nSPS) is 28.2. The SMILES string of the molecule is CCC(CCN)CCCN1CC(C)SC(C)C1. The number of hydrogen-bond acceptors (Lipinski definition) is 3. The highest BCUT2D eigenvalue weighted by atomic mass is 32.2. The zero-order chi connectivity index (χ0) is 12.7. The molecule has 0 aromatic rings. The first-order valence-corrected chi connectivity index (χ1v) is 8.17. The molecule has 0 amide bonds. The zero-order valence-electron chi connectivity index (χ0n) is 11.8. The molecule has 0 bridgehead atoms. The summed E-state index contributed by atoms with van der Waals surface area (Å²) in [5.41, 5.74) is 5.64. The van der Waals surface area contributed by atoms with Gasteiger partial charge in [0.2, 0.25) is 0 Å². The Morgan fingerprint density at radius 3 is 2.41 bits per heavy atom. The fourth-order valence-corrected chi connectivity index (χ4v) is 4.25. The predicted octanol–water partition coefficient (Wildman–Crippen LogP) is 2.97. The Balaban J connectivity index is 2.16. The molecule has 1 fully saturated rings. The summed E-state index contributed by atoms with van der Waals surface area (Å²) >= 11 is 2.14. The molecule has 102 valence electrons. The number of rotatable bonds is 7. The molecular weight excluding hydrogens is 228 g/mol. The van der Waals surface area contributed by atoms with Crippen LogP contribution in [0.2, 0.25) is 0 Å². The minimum absolute atomic E-state index is 0.810. The molecule has 1 heterocycles. The molecule has 1 rings (SSSR count). The van der Waals surface area contributed by atoms with Gasteiger partial charge >= 0.3 is 0 Å². The highest BCUT2D eigenvalue weighted by molar-refractivity contribution is 8.00. The van der Waals surface area contributed by atoms with Gasteiger partial charge in [-0.25, -0.2) is 0 Å². The molecule has 2 nitrogen and oxygen atoms in total. The van der Waals surface area contributed by atoms with Gasteiger partial charge in [-0.3, -0.25) is 0 Å². The van der Waals surface area contributed by atoms with Crippen LogP contribution in [0.3, 0.4) is 0 Å². The number of hydrogen-bond donors (Lipinski definition) is 1. The molecule has 0 aromatic carbocycles. The van der Waals surface area contributed by atoms with Crippen molar-refractivity contribution in [1.82, 2.24) is 4.90 Å². The maximum Gasteiger partial charge on any atom is 0.0149 e. The average Bonchev–Trinajstić information content (AvgIpc) is 2.26. The standard InChI is InChI=1S/C14H30N2S/c1-4-14(7-8-15)6-5-9-16-10-12(2)17-13(3)11-16/h12-14H,4-11,15H2,1-3H3. The van der Waals surface area contributed by atoms with Gasteiger partial charge < -0.3 is 10.6 Å². The lowest BCUT2D eigenvalue weighted by Crippen LogP contribution is -2.40. The summed E-state index contributed by atoms with van der Waals surface area (Å²) in [7, 11) is 0. The van der Waals surface area contributed by atoms with Gasteiger partial charge in [-0.2, -0.15) is 11.8 Å². The van der Waals surface area contributed by atoms with Gasteiger partial charge in [-0.1, -0.05) is 27.2 Å². The first-order valence-electron chi connectivity index (χ1n) is 7.23. The summed E-state index contributed by atoms with van der Waals surface area (Å²) in [6.45, 7) is 11.7. The second-order valence-electron chi connectivity index (χ2n) is 5.51. The van der Waals surface area contributed by atoms with Crippen molar-refractivity contribution in [3.8, 4) is 0 Å². The molecule has 1 aliphatic rings. The van der Waals surface area contributed by atoms with Crippen LogP contribution in [0.25, 0.3) is 0 Å². The van der Waals surface area contributed by atoms with Crippen LogP contribution in [0.5, 0.6) is 0 Å². The molecule has 0 saturated carbocycles. The van der Waals surface area contributed by atoms with Gasteiger partial charge in [0.15, 0.2) is 0 Å². The quantitative estimate of drug-likeness (QED) is 0.761. The molecule has 3 atom stereocenters. The van der Waals surface area contributed by atoms with Crippen LogP contribution < -0.4 is 5.73 Å². The second kappa shape index (κ2) is 8.39. The fourth-order valence-electron chi connectivity index (χ4n) is 2.86. The Morgan fingerprint density at radius 1 is 1.24 bits per heavy atom. The van der Waals surface area contributed by atoms with Crippen LogP contribution in [-0.4, -0.2) is 41.6 Å². The Morgan fingerprint density at radius 2 is 1.88 bits per heavy atom. The van der Waals surface area contributed by atoms with Crippen molar-refractivity contribution in [3.05, 3.63) is 0 Å². The van der Waals surface area contributed by atoms with Crippen molar-refractivity contribution in [2.24, 2.45) is 11.7 Å². The van der Waals surface area contributed by atoms with Crippen LogP contribution in [0.1, 0.15) is 46.5 Å².